The van der Waals surface area contributed by atoms with Crippen LogP contribution < -0.4 is 21.0 Å². The summed E-state index contributed by atoms with van der Waals surface area (Å²) >= 11 is 0. The fourth-order valence-corrected chi connectivity index (χ4v) is 5.42. The summed E-state index contributed by atoms with van der Waals surface area (Å²) in [5.41, 5.74) is -1.78. The van der Waals surface area contributed by atoms with Crippen molar-refractivity contribution >= 4 is 15.6 Å². The van der Waals surface area contributed by atoms with Crippen molar-refractivity contribution in [3.63, 3.8) is 0 Å². The predicted molar refractivity (Wildman–Crippen MR) is 104 cm³/mol. The minimum atomic E-state index is -5.90. The number of nitrogens with one attached hydrogen (secondary N) is 1. The molecule has 2 unspecified atom stereocenters. The molecule has 11 atom stereocenters. The topological polar surface area (TPSA) is 303 Å². The van der Waals surface area contributed by atoms with Crippen LogP contribution in [0.15, 0.2) is 21.9 Å². The number of nitrogens with zero attached hydrogens (tertiary/aromatic N) is 1. The Morgan fingerprint density at radius 1 is 0.944 bits per heavy atom. The number of H-pyrrole nitrogens is 1. The second-order valence-electron chi connectivity index (χ2n) is 7.64. The molecule has 36 heavy (non-hydrogen) atoms. The van der Waals surface area contributed by atoms with Crippen molar-refractivity contribution in [2.75, 3.05) is 13.2 Å². The Hall–Kier alpha value is -1.38. The fourth-order valence-electron chi connectivity index (χ4n) is 3.34. The average Bonchev–Trinajstić information content (AvgIpc) is 3.06. The minimum absolute atomic E-state index is 0.697. The molecule has 0 amide bonds. The van der Waals surface area contributed by atoms with Crippen molar-refractivity contribution in [2.24, 2.45) is 0 Å². The van der Waals surface area contributed by atoms with E-state index >= 15 is 0 Å². The standard InChI is InChI=1S/C15H24N2O17P2/c18-3-5-8(20)10(22)12(24)14(32-5)33-36(28,29)34-35(26,27)30-4-6-9(21)11(23)13(31-6)17-2-1-7(19)16-15(17)25/h1-2,5-6,8-14,18,20-24H,3-4H2,(H,26,27)(H,28,29)(H,16,19,25)/p-2/t5-,6-,8-,9-,10+,11-,12+,13-,14-/m1/s1. The first-order chi connectivity index (χ1) is 16.7. The molecule has 2 saturated heterocycles. The highest BCUT2D eigenvalue weighted by Crippen LogP contribution is 2.57. The second-order valence-corrected chi connectivity index (χ2v) is 10.5. The van der Waals surface area contributed by atoms with Crippen LogP contribution in [0.1, 0.15) is 6.23 Å². The van der Waals surface area contributed by atoms with E-state index in [-0.39, 0.29) is 0 Å². The highest BCUT2D eigenvalue weighted by molar-refractivity contribution is 7.59. The van der Waals surface area contributed by atoms with E-state index in [0.29, 0.717) is 4.57 Å². The van der Waals surface area contributed by atoms with E-state index in [9.17, 15) is 54.0 Å². The van der Waals surface area contributed by atoms with Crippen LogP contribution in [0.3, 0.4) is 0 Å². The summed E-state index contributed by atoms with van der Waals surface area (Å²) in [6, 6.07) is 0.911. The van der Waals surface area contributed by atoms with Gasteiger partial charge in [-0.1, -0.05) is 0 Å². The van der Waals surface area contributed by atoms with Gasteiger partial charge in [0.25, 0.3) is 21.2 Å². The fraction of sp³-hybridized carbons (Fsp3) is 0.733. The van der Waals surface area contributed by atoms with Gasteiger partial charge in [0, 0.05) is 12.3 Å². The molecule has 1 aromatic rings. The molecule has 2 fully saturated rings. The molecule has 7 N–H and O–H groups in total. The zero-order valence-corrected chi connectivity index (χ0v) is 19.6. The zero-order chi connectivity index (χ0) is 27.0. The maximum Gasteiger partial charge on any atom is 0.330 e. The number of aliphatic hydroxyl groups is 6. The lowest BCUT2D eigenvalue weighted by molar-refractivity contribution is -0.305. The van der Waals surface area contributed by atoms with Crippen molar-refractivity contribution in [1.29, 1.82) is 0 Å². The molecule has 3 heterocycles. The monoisotopic (exact) mass is 564 g/mol. The van der Waals surface area contributed by atoms with Crippen LogP contribution in [0.5, 0.6) is 0 Å². The van der Waals surface area contributed by atoms with E-state index in [1.165, 1.54) is 0 Å². The number of hydrogen-bond donors (Lipinski definition) is 7. The molecule has 19 nitrogen and oxygen atoms in total. The van der Waals surface area contributed by atoms with Gasteiger partial charge >= 0.3 is 5.69 Å². The third kappa shape index (κ3) is 6.54. The van der Waals surface area contributed by atoms with Gasteiger partial charge < -0.3 is 54.4 Å². The Bertz CT molecular complexity index is 1120. The zero-order valence-electron chi connectivity index (χ0n) is 17.8. The van der Waals surface area contributed by atoms with Gasteiger partial charge in [-0.25, -0.2) is 9.11 Å². The molecule has 2 aliphatic rings. The highest BCUT2D eigenvalue weighted by atomic mass is 31.3. The SMILES string of the molecule is O=c1ccn([C@@H]2O[C@H](COP(=O)([O-])OP(=O)([O-])O[C@H]3O[C@H](CO)[C@@H](O)[C@H](O)[C@@H]3O)[C@@H](O)[C@H]2O)c(=O)[nH]1. The summed E-state index contributed by atoms with van der Waals surface area (Å²) in [5, 5.41) is 58.4. The predicted octanol–water partition coefficient (Wildman–Crippen LogP) is -6.06. The number of aromatic amines is 1. The summed E-state index contributed by atoms with van der Waals surface area (Å²) in [4.78, 5) is 48.9. The highest BCUT2D eigenvalue weighted by Gasteiger charge is 2.47. The molecule has 206 valence electrons. The first kappa shape index (κ1) is 29.2. The van der Waals surface area contributed by atoms with Crippen LogP contribution >= 0.6 is 15.6 Å². The molecular weight excluding hydrogens is 542 g/mol. The van der Waals surface area contributed by atoms with Gasteiger partial charge in [-0.15, -0.1) is 0 Å². The first-order valence-electron chi connectivity index (χ1n) is 9.96. The van der Waals surface area contributed by atoms with E-state index in [1.54, 1.807) is 0 Å². The molecular formula is C15H22N2O17P2-2. The number of aromatic nitrogens is 2. The van der Waals surface area contributed by atoms with Gasteiger partial charge in [-0.3, -0.25) is 28.0 Å². The van der Waals surface area contributed by atoms with Crippen molar-refractivity contribution in [3.05, 3.63) is 33.1 Å². The van der Waals surface area contributed by atoms with Gasteiger partial charge in [0.1, 0.15) is 42.7 Å². The van der Waals surface area contributed by atoms with E-state index in [0.717, 1.165) is 12.3 Å². The molecule has 21 heteroatoms. The Balaban J connectivity index is 1.61. The van der Waals surface area contributed by atoms with Crippen molar-refractivity contribution in [2.45, 2.75) is 55.2 Å². The lowest BCUT2D eigenvalue weighted by Gasteiger charge is -2.41. The van der Waals surface area contributed by atoms with Gasteiger partial charge in [0.2, 0.25) is 0 Å². The van der Waals surface area contributed by atoms with E-state index in [1.807, 2.05) is 4.98 Å². The minimum Gasteiger partial charge on any atom is -0.756 e. The lowest BCUT2D eigenvalue weighted by atomic mass is 10.00. The van der Waals surface area contributed by atoms with Gasteiger partial charge in [-0.2, -0.15) is 0 Å². The Labute approximate surface area is 199 Å². The van der Waals surface area contributed by atoms with Crippen LogP contribution in [0, 0.1) is 0 Å². The summed E-state index contributed by atoms with van der Waals surface area (Å²) in [7, 11) is -11.7. The Kier molecular flexibility index (Phi) is 9.05. The van der Waals surface area contributed by atoms with Gasteiger partial charge in [0.15, 0.2) is 12.5 Å². The van der Waals surface area contributed by atoms with Crippen LogP contribution in [0.2, 0.25) is 0 Å². The third-order valence-electron chi connectivity index (χ3n) is 5.14. The molecule has 0 aliphatic carbocycles. The molecule has 1 aromatic heterocycles. The van der Waals surface area contributed by atoms with Crippen LogP contribution in [-0.4, -0.2) is 102 Å². The second kappa shape index (κ2) is 11.2. The van der Waals surface area contributed by atoms with Gasteiger partial charge in [0.05, 0.1) is 13.2 Å². The number of rotatable bonds is 9. The largest absolute Gasteiger partial charge is 0.756 e. The van der Waals surface area contributed by atoms with Crippen LogP contribution in [-0.2, 0) is 32.0 Å². The molecule has 0 spiro atoms. The number of hydrogen-bond acceptors (Lipinski definition) is 17. The quantitative estimate of drug-likeness (QED) is 0.137. The number of ether oxygens (including phenoxy) is 2. The summed E-state index contributed by atoms with van der Waals surface area (Å²) < 4.78 is 47.1. The van der Waals surface area contributed by atoms with Crippen molar-refractivity contribution in [3.8, 4) is 0 Å². The first-order valence-corrected chi connectivity index (χ1v) is 12.9. The van der Waals surface area contributed by atoms with E-state index < -0.39 is 95.4 Å². The normalized spacial score (nSPS) is 38.4. The number of phosphoric acid groups is 2. The smallest absolute Gasteiger partial charge is 0.330 e. The van der Waals surface area contributed by atoms with Crippen LogP contribution in [0.4, 0.5) is 0 Å². The number of aliphatic hydroxyl groups excluding tert-OH is 6. The maximum atomic E-state index is 12.0. The summed E-state index contributed by atoms with van der Waals surface area (Å²) in [5.74, 6) is 0. The van der Waals surface area contributed by atoms with Crippen LogP contribution in [0.25, 0.3) is 0 Å². The summed E-state index contributed by atoms with van der Waals surface area (Å²) in [6.07, 6.45) is -15.8. The van der Waals surface area contributed by atoms with Crippen molar-refractivity contribution < 1.29 is 72.4 Å². The van der Waals surface area contributed by atoms with Crippen molar-refractivity contribution in [1.82, 2.24) is 9.55 Å². The maximum absolute atomic E-state index is 12.0. The number of phosphoric ester groups is 2. The Morgan fingerprint density at radius 2 is 1.58 bits per heavy atom. The molecule has 3 rings (SSSR count). The van der Waals surface area contributed by atoms with E-state index in [2.05, 4.69) is 13.4 Å². The molecule has 0 bridgehead atoms. The van der Waals surface area contributed by atoms with E-state index in [4.69, 9.17) is 14.6 Å². The molecule has 0 radical (unpaired) electrons. The van der Waals surface area contributed by atoms with Gasteiger partial charge in [-0.05, 0) is 0 Å². The lowest BCUT2D eigenvalue weighted by Crippen LogP contribution is -2.59. The third-order valence-corrected chi connectivity index (χ3v) is 7.67. The molecule has 0 saturated carbocycles. The molecule has 0 aromatic carbocycles. The summed E-state index contributed by atoms with van der Waals surface area (Å²) in [6.45, 7) is -2.05. The Morgan fingerprint density at radius 3 is 2.19 bits per heavy atom. The average molecular weight is 564 g/mol. The molecule has 2 aliphatic heterocycles.